The Labute approximate surface area is 165 Å². The number of ether oxygens (including phenoxy) is 1. The van der Waals surface area contributed by atoms with Gasteiger partial charge in [0.15, 0.2) is 11.5 Å². The number of thiocarbonyl (C=S) groups is 1. The highest BCUT2D eigenvalue weighted by atomic mass is 35.5. The van der Waals surface area contributed by atoms with Crippen LogP contribution in [-0.4, -0.2) is 31.8 Å². The number of carbonyl (C=O) groups is 1. The van der Waals surface area contributed by atoms with Gasteiger partial charge in [0, 0.05) is 12.4 Å². The number of nitrogens with zero attached hydrogens (tertiary/aromatic N) is 2. The molecular weight excluding hydrogens is 392 g/mol. The minimum Gasteiger partial charge on any atom is -0.503 e. The van der Waals surface area contributed by atoms with Crippen LogP contribution in [-0.2, 0) is 11.3 Å². The van der Waals surface area contributed by atoms with Crippen LogP contribution in [0.5, 0.6) is 11.5 Å². The molecule has 1 aliphatic heterocycles. The standard InChI is InChI=1S/C18H15ClN2O3S2/c1-2-24-14-7-12(6-13(19)16(14)22)8-15-17(23)21(18(25)26-15)10-11-4-3-5-20-9-11/h3-9,22H,2,10H2,1H3. The number of amides is 1. The van der Waals surface area contributed by atoms with Gasteiger partial charge in [0.2, 0.25) is 0 Å². The Bertz CT molecular complexity index is 888. The fourth-order valence-electron chi connectivity index (χ4n) is 2.40. The third-order valence-electron chi connectivity index (χ3n) is 3.59. The van der Waals surface area contributed by atoms with Gasteiger partial charge in [0.05, 0.1) is 23.1 Å². The monoisotopic (exact) mass is 406 g/mol. The number of phenolic OH excluding ortho intramolecular Hbond substituents is 1. The molecule has 134 valence electrons. The second-order valence-electron chi connectivity index (χ2n) is 5.41. The number of benzene rings is 1. The Kier molecular flexibility index (Phi) is 5.80. The van der Waals surface area contributed by atoms with E-state index >= 15 is 0 Å². The van der Waals surface area contributed by atoms with Gasteiger partial charge in [0.1, 0.15) is 4.32 Å². The fourth-order valence-corrected chi connectivity index (χ4v) is 3.88. The van der Waals surface area contributed by atoms with Crippen molar-refractivity contribution in [2.24, 2.45) is 0 Å². The van der Waals surface area contributed by atoms with Crippen molar-refractivity contribution in [2.75, 3.05) is 6.61 Å². The summed E-state index contributed by atoms with van der Waals surface area (Å²) in [6, 6.07) is 6.92. The van der Waals surface area contributed by atoms with Crippen molar-refractivity contribution in [1.82, 2.24) is 9.88 Å². The third kappa shape index (κ3) is 4.00. The molecule has 0 radical (unpaired) electrons. The molecular formula is C18H15ClN2O3S2. The van der Waals surface area contributed by atoms with E-state index in [0.29, 0.717) is 27.9 Å². The van der Waals surface area contributed by atoms with Gasteiger partial charge in [-0.15, -0.1) is 0 Å². The SMILES string of the molecule is CCOc1cc(C=C2SC(=S)N(Cc3cccnc3)C2=O)cc(Cl)c1O. The zero-order valence-electron chi connectivity index (χ0n) is 13.8. The zero-order chi connectivity index (χ0) is 18.7. The van der Waals surface area contributed by atoms with Crippen molar-refractivity contribution in [3.63, 3.8) is 0 Å². The van der Waals surface area contributed by atoms with Crippen molar-refractivity contribution in [1.29, 1.82) is 0 Å². The Morgan fingerprint density at radius 3 is 2.96 bits per heavy atom. The first kappa shape index (κ1) is 18.7. The number of pyridine rings is 1. The molecule has 1 aliphatic rings. The number of hydrogen-bond donors (Lipinski definition) is 1. The van der Waals surface area contributed by atoms with Gasteiger partial charge in [-0.2, -0.15) is 0 Å². The summed E-state index contributed by atoms with van der Waals surface area (Å²) in [4.78, 5) is 18.8. The minimum absolute atomic E-state index is 0.116. The van der Waals surface area contributed by atoms with Gasteiger partial charge in [-0.3, -0.25) is 14.7 Å². The highest BCUT2D eigenvalue weighted by molar-refractivity contribution is 8.26. The molecule has 1 amide bonds. The number of carbonyl (C=O) groups excluding carboxylic acids is 1. The molecule has 1 N–H and O–H groups in total. The average Bonchev–Trinajstić information content (AvgIpc) is 2.88. The predicted molar refractivity (Wildman–Crippen MR) is 107 cm³/mol. The number of phenols is 1. The Hall–Kier alpha value is -2.09. The van der Waals surface area contributed by atoms with Crippen molar-refractivity contribution in [3.8, 4) is 11.5 Å². The molecule has 0 unspecified atom stereocenters. The van der Waals surface area contributed by atoms with Gasteiger partial charge in [-0.1, -0.05) is 41.6 Å². The van der Waals surface area contributed by atoms with Crippen molar-refractivity contribution < 1.29 is 14.6 Å². The summed E-state index contributed by atoms with van der Waals surface area (Å²) >= 11 is 12.6. The average molecular weight is 407 g/mol. The number of hydrogen-bond acceptors (Lipinski definition) is 6. The van der Waals surface area contributed by atoms with Crippen molar-refractivity contribution in [3.05, 3.63) is 57.7 Å². The molecule has 0 bridgehead atoms. The van der Waals surface area contributed by atoms with Crippen LogP contribution in [0.15, 0.2) is 41.6 Å². The van der Waals surface area contributed by atoms with E-state index in [9.17, 15) is 9.90 Å². The van der Waals surface area contributed by atoms with Gasteiger partial charge < -0.3 is 9.84 Å². The van der Waals surface area contributed by atoms with Gasteiger partial charge in [-0.25, -0.2) is 0 Å². The lowest BCUT2D eigenvalue weighted by atomic mass is 10.1. The molecule has 1 aromatic carbocycles. The Morgan fingerprint density at radius 2 is 2.27 bits per heavy atom. The van der Waals surface area contributed by atoms with Crippen LogP contribution < -0.4 is 4.74 Å². The smallest absolute Gasteiger partial charge is 0.266 e. The lowest BCUT2D eigenvalue weighted by molar-refractivity contribution is -0.122. The Morgan fingerprint density at radius 1 is 1.46 bits per heavy atom. The molecule has 1 aromatic heterocycles. The largest absolute Gasteiger partial charge is 0.503 e. The molecule has 0 aliphatic carbocycles. The second-order valence-corrected chi connectivity index (χ2v) is 7.49. The lowest BCUT2D eigenvalue weighted by Crippen LogP contribution is -2.27. The molecule has 0 saturated carbocycles. The molecule has 5 nitrogen and oxygen atoms in total. The molecule has 1 saturated heterocycles. The summed E-state index contributed by atoms with van der Waals surface area (Å²) in [5.41, 5.74) is 1.55. The van der Waals surface area contributed by atoms with Crippen molar-refractivity contribution in [2.45, 2.75) is 13.5 Å². The molecule has 1 fully saturated rings. The van der Waals surface area contributed by atoms with Crippen LogP contribution in [0.2, 0.25) is 5.02 Å². The van der Waals surface area contributed by atoms with E-state index in [0.717, 1.165) is 5.56 Å². The summed E-state index contributed by atoms with van der Waals surface area (Å²) in [5, 5.41) is 10.1. The maximum absolute atomic E-state index is 12.7. The molecule has 3 rings (SSSR count). The highest BCUT2D eigenvalue weighted by Crippen LogP contribution is 2.38. The van der Waals surface area contributed by atoms with E-state index in [4.69, 9.17) is 28.6 Å². The van der Waals surface area contributed by atoms with Crippen LogP contribution in [0.4, 0.5) is 0 Å². The first-order valence-corrected chi connectivity index (χ1v) is 9.39. The van der Waals surface area contributed by atoms with Crippen LogP contribution in [0, 0.1) is 0 Å². The van der Waals surface area contributed by atoms with Crippen LogP contribution in [0.1, 0.15) is 18.1 Å². The van der Waals surface area contributed by atoms with E-state index in [1.54, 1.807) is 30.6 Å². The number of aromatic hydroxyl groups is 1. The zero-order valence-corrected chi connectivity index (χ0v) is 16.2. The van der Waals surface area contributed by atoms with Crippen LogP contribution in [0.25, 0.3) is 6.08 Å². The predicted octanol–water partition coefficient (Wildman–Crippen LogP) is 4.24. The number of aromatic nitrogens is 1. The van der Waals surface area contributed by atoms with E-state index < -0.39 is 0 Å². The third-order valence-corrected chi connectivity index (χ3v) is 5.25. The second kappa shape index (κ2) is 8.07. The highest BCUT2D eigenvalue weighted by Gasteiger charge is 2.32. The van der Waals surface area contributed by atoms with E-state index in [2.05, 4.69) is 4.98 Å². The molecule has 0 atom stereocenters. The molecule has 2 heterocycles. The van der Waals surface area contributed by atoms with Crippen molar-refractivity contribution >= 4 is 51.9 Å². The maximum atomic E-state index is 12.7. The van der Waals surface area contributed by atoms with Crippen LogP contribution in [0.3, 0.4) is 0 Å². The molecule has 2 aromatic rings. The van der Waals surface area contributed by atoms with E-state index in [1.807, 2.05) is 19.1 Å². The summed E-state index contributed by atoms with van der Waals surface area (Å²) in [6.07, 6.45) is 5.07. The quantitative estimate of drug-likeness (QED) is 0.592. The first-order chi connectivity index (χ1) is 12.5. The normalized spacial score (nSPS) is 15.8. The summed E-state index contributed by atoms with van der Waals surface area (Å²) in [7, 11) is 0. The molecule has 0 spiro atoms. The summed E-state index contributed by atoms with van der Waals surface area (Å²) in [6.45, 7) is 2.57. The number of thioether (sulfide) groups is 1. The topological polar surface area (TPSA) is 62.7 Å². The number of halogens is 1. The maximum Gasteiger partial charge on any atom is 0.266 e. The fraction of sp³-hybridized carbons (Fsp3) is 0.167. The van der Waals surface area contributed by atoms with Gasteiger partial charge >= 0.3 is 0 Å². The lowest BCUT2D eigenvalue weighted by Gasteiger charge is -2.13. The van der Waals surface area contributed by atoms with Gasteiger partial charge in [-0.05, 0) is 42.3 Å². The molecule has 8 heteroatoms. The first-order valence-electron chi connectivity index (χ1n) is 7.79. The summed E-state index contributed by atoms with van der Waals surface area (Å²) in [5.74, 6) is -0.0158. The van der Waals surface area contributed by atoms with Crippen LogP contribution >= 0.6 is 35.6 Å². The van der Waals surface area contributed by atoms with E-state index in [1.165, 1.54) is 16.7 Å². The summed E-state index contributed by atoms with van der Waals surface area (Å²) < 4.78 is 5.86. The van der Waals surface area contributed by atoms with E-state index in [-0.39, 0.29) is 22.4 Å². The Balaban J connectivity index is 1.86. The number of rotatable bonds is 5. The van der Waals surface area contributed by atoms with Gasteiger partial charge in [0.25, 0.3) is 5.91 Å². The minimum atomic E-state index is -0.175. The molecule has 26 heavy (non-hydrogen) atoms.